The van der Waals surface area contributed by atoms with E-state index in [4.69, 9.17) is 4.42 Å². The van der Waals surface area contributed by atoms with Gasteiger partial charge in [-0.3, -0.25) is 9.69 Å². The van der Waals surface area contributed by atoms with Crippen LogP contribution in [-0.4, -0.2) is 66.0 Å². The Labute approximate surface area is 160 Å². The molecule has 7 heteroatoms. The summed E-state index contributed by atoms with van der Waals surface area (Å²) in [5.41, 5.74) is 1.63. The fourth-order valence-electron chi connectivity index (χ4n) is 3.68. The van der Waals surface area contributed by atoms with Crippen LogP contribution in [0.15, 0.2) is 41.0 Å². The van der Waals surface area contributed by atoms with Crippen LogP contribution < -0.4 is 5.32 Å². The second-order valence-corrected chi connectivity index (χ2v) is 6.76. The van der Waals surface area contributed by atoms with Gasteiger partial charge in [-0.2, -0.15) is 0 Å². The molecule has 6 nitrogen and oxygen atoms in total. The van der Waals surface area contributed by atoms with E-state index in [1.165, 1.54) is 0 Å². The molecule has 1 unspecified atom stereocenters. The van der Waals surface area contributed by atoms with E-state index in [0.29, 0.717) is 24.0 Å². The molecule has 2 saturated heterocycles. The number of likely N-dealkylation sites (tertiary alicyclic amines) is 1. The van der Waals surface area contributed by atoms with Gasteiger partial charge in [0.05, 0.1) is 12.1 Å². The summed E-state index contributed by atoms with van der Waals surface area (Å²) in [5, 5.41) is 3.38. The van der Waals surface area contributed by atoms with Gasteiger partial charge in [0.25, 0.3) is 0 Å². The van der Waals surface area contributed by atoms with Crippen molar-refractivity contribution in [1.29, 1.82) is 0 Å². The lowest BCUT2D eigenvalue weighted by molar-refractivity contribution is -0.129. The van der Waals surface area contributed by atoms with Crippen LogP contribution in [0.2, 0.25) is 0 Å². The molecule has 140 valence electrons. The molecule has 0 spiro atoms. The fourth-order valence-corrected chi connectivity index (χ4v) is 3.68. The van der Waals surface area contributed by atoms with Crippen LogP contribution in [0.25, 0.3) is 11.5 Å². The molecule has 26 heavy (non-hydrogen) atoms. The van der Waals surface area contributed by atoms with Gasteiger partial charge in [-0.05, 0) is 18.6 Å². The number of benzene rings is 1. The highest BCUT2D eigenvalue weighted by atomic mass is 35.5. The minimum Gasteiger partial charge on any atom is -0.444 e. The number of amides is 1. The number of piperazine rings is 1. The van der Waals surface area contributed by atoms with Gasteiger partial charge in [0.2, 0.25) is 11.8 Å². The van der Waals surface area contributed by atoms with Crippen molar-refractivity contribution >= 4 is 18.3 Å². The summed E-state index contributed by atoms with van der Waals surface area (Å²) in [4.78, 5) is 21.6. The molecule has 0 aliphatic carbocycles. The Morgan fingerprint density at radius 1 is 1.19 bits per heavy atom. The highest BCUT2D eigenvalue weighted by Gasteiger charge is 2.31. The maximum atomic E-state index is 12.6. The van der Waals surface area contributed by atoms with Gasteiger partial charge < -0.3 is 14.6 Å². The van der Waals surface area contributed by atoms with Gasteiger partial charge in [-0.1, -0.05) is 18.2 Å². The number of aromatic nitrogens is 1. The Balaban J connectivity index is 0.00000196. The minimum atomic E-state index is 0. The third-order valence-corrected chi connectivity index (χ3v) is 5.09. The molecule has 0 radical (unpaired) electrons. The van der Waals surface area contributed by atoms with E-state index in [-0.39, 0.29) is 18.3 Å². The predicted molar refractivity (Wildman–Crippen MR) is 102 cm³/mol. The van der Waals surface area contributed by atoms with Gasteiger partial charge in [0.15, 0.2) is 0 Å². The molecule has 2 aromatic rings. The zero-order chi connectivity index (χ0) is 17.1. The van der Waals surface area contributed by atoms with Crippen molar-refractivity contribution in [3.63, 3.8) is 0 Å². The van der Waals surface area contributed by atoms with Crippen LogP contribution in [0.4, 0.5) is 0 Å². The summed E-state index contributed by atoms with van der Waals surface area (Å²) in [6.07, 6.45) is 2.98. The minimum absolute atomic E-state index is 0. The molecule has 1 amide bonds. The molecule has 0 bridgehead atoms. The van der Waals surface area contributed by atoms with Crippen LogP contribution in [-0.2, 0) is 11.2 Å². The maximum absolute atomic E-state index is 12.6. The van der Waals surface area contributed by atoms with Crippen molar-refractivity contribution in [2.24, 2.45) is 0 Å². The van der Waals surface area contributed by atoms with E-state index < -0.39 is 0 Å². The van der Waals surface area contributed by atoms with Crippen molar-refractivity contribution in [1.82, 2.24) is 20.1 Å². The number of carbonyl (C=O) groups excluding carboxylic acids is 1. The quantitative estimate of drug-likeness (QED) is 0.881. The standard InChI is InChI=1S/C19H24N4O2.ClH/c24-18(23-9-6-17(13-23)22-10-7-20-8-11-22)12-16-14-25-19(21-16)15-4-2-1-3-5-15;/h1-5,14,17,20H,6-13H2;1H. The molecule has 1 atom stereocenters. The zero-order valence-electron chi connectivity index (χ0n) is 14.8. The Hall–Kier alpha value is -1.89. The highest BCUT2D eigenvalue weighted by molar-refractivity contribution is 5.85. The first kappa shape index (κ1) is 18.9. The number of nitrogens with one attached hydrogen (secondary N) is 1. The molecule has 0 saturated carbocycles. The average molecular weight is 377 g/mol. The smallest absolute Gasteiger partial charge is 0.228 e. The van der Waals surface area contributed by atoms with Crippen LogP contribution in [0.3, 0.4) is 0 Å². The summed E-state index contributed by atoms with van der Waals surface area (Å²) in [7, 11) is 0. The molecule has 2 aliphatic heterocycles. The van der Waals surface area contributed by atoms with Gasteiger partial charge in [-0.25, -0.2) is 4.98 Å². The first-order chi connectivity index (χ1) is 12.3. The number of halogens is 1. The van der Waals surface area contributed by atoms with Crippen molar-refractivity contribution in [3.8, 4) is 11.5 Å². The molecule has 4 rings (SSSR count). The molecular formula is C19H25ClN4O2. The summed E-state index contributed by atoms with van der Waals surface area (Å²) in [5.74, 6) is 0.717. The van der Waals surface area contributed by atoms with Gasteiger partial charge >= 0.3 is 0 Å². The maximum Gasteiger partial charge on any atom is 0.228 e. The van der Waals surface area contributed by atoms with Crippen molar-refractivity contribution in [2.75, 3.05) is 39.3 Å². The summed E-state index contributed by atoms with van der Waals surface area (Å²) < 4.78 is 5.53. The summed E-state index contributed by atoms with van der Waals surface area (Å²) in [6.45, 7) is 5.93. The largest absolute Gasteiger partial charge is 0.444 e. The molecule has 1 aromatic heterocycles. The van der Waals surface area contributed by atoms with Crippen molar-refractivity contribution in [3.05, 3.63) is 42.3 Å². The molecule has 1 N–H and O–H groups in total. The molecule has 1 aromatic carbocycles. The number of nitrogens with zero attached hydrogens (tertiary/aromatic N) is 3. The van der Waals surface area contributed by atoms with Crippen LogP contribution in [0.1, 0.15) is 12.1 Å². The molecule has 2 fully saturated rings. The Kier molecular flexibility index (Phi) is 6.29. The monoisotopic (exact) mass is 376 g/mol. The number of oxazole rings is 1. The molecular weight excluding hydrogens is 352 g/mol. The van der Waals surface area contributed by atoms with E-state index in [2.05, 4.69) is 15.2 Å². The molecule has 3 heterocycles. The zero-order valence-corrected chi connectivity index (χ0v) is 15.6. The van der Waals surface area contributed by atoms with E-state index in [0.717, 1.165) is 51.3 Å². The third kappa shape index (κ3) is 4.26. The summed E-state index contributed by atoms with van der Waals surface area (Å²) in [6, 6.07) is 10.3. The Morgan fingerprint density at radius 2 is 1.96 bits per heavy atom. The number of rotatable bonds is 4. The SMILES string of the molecule is Cl.O=C(Cc1coc(-c2ccccc2)n1)N1CCC(N2CCNCC2)C1. The Bertz CT molecular complexity index is 715. The van der Waals surface area contributed by atoms with E-state index in [1.807, 2.05) is 35.2 Å². The summed E-state index contributed by atoms with van der Waals surface area (Å²) >= 11 is 0. The third-order valence-electron chi connectivity index (χ3n) is 5.09. The Morgan fingerprint density at radius 3 is 2.73 bits per heavy atom. The average Bonchev–Trinajstić information content (AvgIpc) is 3.33. The van der Waals surface area contributed by atoms with Crippen LogP contribution in [0, 0.1) is 0 Å². The van der Waals surface area contributed by atoms with E-state index in [9.17, 15) is 4.79 Å². The number of carbonyl (C=O) groups is 1. The van der Waals surface area contributed by atoms with Crippen molar-refractivity contribution < 1.29 is 9.21 Å². The van der Waals surface area contributed by atoms with Crippen LogP contribution in [0.5, 0.6) is 0 Å². The van der Waals surface area contributed by atoms with Crippen molar-refractivity contribution in [2.45, 2.75) is 18.9 Å². The van der Waals surface area contributed by atoms with E-state index >= 15 is 0 Å². The van der Waals surface area contributed by atoms with Crippen LogP contribution >= 0.6 is 12.4 Å². The topological polar surface area (TPSA) is 61.6 Å². The number of hydrogen-bond acceptors (Lipinski definition) is 5. The first-order valence-corrected chi connectivity index (χ1v) is 9.02. The fraction of sp³-hybridized carbons (Fsp3) is 0.474. The lowest BCUT2D eigenvalue weighted by Gasteiger charge is -2.32. The lowest BCUT2D eigenvalue weighted by Crippen LogP contribution is -2.49. The molecule has 2 aliphatic rings. The second kappa shape index (κ2) is 8.66. The first-order valence-electron chi connectivity index (χ1n) is 9.02. The van der Waals surface area contributed by atoms with E-state index in [1.54, 1.807) is 6.26 Å². The van der Waals surface area contributed by atoms with Gasteiger partial charge in [0.1, 0.15) is 6.26 Å². The second-order valence-electron chi connectivity index (χ2n) is 6.76. The highest BCUT2D eigenvalue weighted by Crippen LogP contribution is 2.20. The van der Waals surface area contributed by atoms with Gasteiger partial charge in [0, 0.05) is 50.9 Å². The predicted octanol–water partition coefficient (Wildman–Crippen LogP) is 1.81. The van der Waals surface area contributed by atoms with Gasteiger partial charge in [-0.15, -0.1) is 12.4 Å². The number of hydrogen-bond donors (Lipinski definition) is 1. The normalized spacial score (nSPS) is 20.8. The lowest BCUT2D eigenvalue weighted by atomic mass is 10.2.